The van der Waals surface area contributed by atoms with E-state index in [0.717, 1.165) is 33.7 Å². The molecule has 0 radical (unpaired) electrons. The monoisotopic (exact) mass is 492 g/mol. The van der Waals surface area contributed by atoms with E-state index in [1.807, 2.05) is 66.4 Å². The van der Waals surface area contributed by atoms with Crippen LogP contribution in [0.3, 0.4) is 0 Å². The number of hydrogen-bond donors (Lipinski definition) is 1. The fourth-order valence-electron chi connectivity index (χ4n) is 3.71. The lowest BCUT2D eigenvalue weighted by molar-refractivity contribution is -0.136. The first-order chi connectivity index (χ1) is 17.0. The number of methoxy groups -OCH3 is 1. The number of aromatic nitrogens is 2. The van der Waals surface area contributed by atoms with Gasteiger partial charge in [-0.05, 0) is 54.1 Å². The van der Waals surface area contributed by atoms with Crippen molar-refractivity contribution < 1.29 is 24.1 Å². The highest BCUT2D eigenvalue weighted by atomic mass is 32.2. The number of aryl methyl sites for hydroxylation is 2. The summed E-state index contributed by atoms with van der Waals surface area (Å²) in [6.07, 6.45) is 2.45. The molecule has 0 aliphatic carbocycles. The topological polar surface area (TPSA) is 82.8 Å². The van der Waals surface area contributed by atoms with Crippen molar-refractivity contribution in [3.8, 4) is 17.2 Å². The van der Waals surface area contributed by atoms with Crippen LogP contribution in [0.4, 0.5) is 0 Å². The fraction of sp³-hybridized carbons (Fsp3) is 0.259. The van der Waals surface area contributed by atoms with Crippen LogP contribution in [0.1, 0.15) is 23.4 Å². The molecule has 0 unspecified atom stereocenters. The quantitative estimate of drug-likeness (QED) is 0.278. The number of hydrogen-bond acceptors (Lipinski definition) is 6. The van der Waals surface area contributed by atoms with Crippen molar-refractivity contribution in [1.29, 1.82) is 0 Å². The molecule has 0 aliphatic heterocycles. The van der Waals surface area contributed by atoms with E-state index in [2.05, 4.69) is 17.1 Å². The van der Waals surface area contributed by atoms with Gasteiger partial charge in [-0.25, -0.2) is 4.98 Å². The Morgan fingerprint density at radius 3 is 2.49 bits per heavy atom. The van der Waals surface area contributed by atoms with E-state index >= 15 is 0 Å². The molecule has 1 heterocycles. The van der Waals surface area contributed by atoms with Crippen molar-refractivity contribution in [2.75, 3.05) is 13.4 Å². The summed E-state index contributed by atoms with van der Waals surface area (Å²) >= 11 is 1.69. The summed E-state index contributed by atoms with van der Waals surface area (Å²) in [5.74, 6) is 1.95. The van der Waals surface area contributed by atoms with E-state index in [9.17, 15) is 4.79 Å². The van der Waals surface area contributed by atoms with E-state index in [1.165, 1.54) is 4.90 Å². The smallest absolute Gasteiger partial charge is 0.303 e. The molecule has 3 aromatic carbocycles. The van der Waals surface area contributed by atoms with Crippen molar-refractivity contribution in [2.24, 2.45) is 7.05 Å². The van der Waals surface area contributed by atoms with Crippen molar-refractivity contribution in [1.82, 2.24) is 9.55 Å². The molecule has 7 nitrogen and oxygen atoms in total. The van der Waals surface area contributed by atoms with Gasteiger partial charge in [0.1, 0.15) is 36.3 Å². The maximum atomic E-state index is 11.1. The summed E-state index contributed by atoms with van der Waals surface area (Å²) in [5.41, 5.74) is 3.69. The van der Waals surface area contributed by atoms with E-state index in [0.29, 0.717) is 24.5 Å². The van der Waals surface area contributed by atoms with Gasteiger partial charge >= 0.3 is 5.97 Å². The minimum Gasteiger partial charge on any atom is -0.497 e. The molecule has 0 bridgehead atoms. The lowest BCUT2D eigenvalue weighted by atomic mass is 10.1. The Morgan fingerprint density at radius 2 is 1.77 bits per heavy atom. The maximum Gasteiger partial charge on any atom is 0.303 e. The first-order valence-electron chi connectivity index (χ1n) is 11.2. The Hall–Kier alpha value is -3.65. The summed E-state index contributed by atoms with van der Waals surface area (Å²) in [6.45, 7) is 0.655. The van der Waals surface area contributed by atoms with Crippen LogP contribution >= 0.6 is 11.8 Å². The number of carboxylic acids is 1. The molecule has 182 valence electrons. The average Bonchev–Trinajstić information content (AvgIpc) is 3.20. The number of benzene rings is 3. The Balaban J connectivity index is 1.50. The molecule has 0 spiro atoms. The van der Waals surface area contributed by atoms with E-state index in [-0.39, 0.29) is 13.0 Å². The molecule has 0 atom stereocenters. The Kier molecular flexibility index (Phi) is 7.82. The van der Waals surface area contributed by atoms with Gasteiger partial charge in [-0.3, -0.25) is 4.79 Å². The number of nitrogens with zero attached hydrogens (tertiary/aromatic N) is 2. The SMILES string of the molecule is COc1ccc2nc(COc3ccc(CCC(=O)O)c(OCc4ccc(SC)cc4)c3)n(C)c2c1. The molecular weight excluding hydrogens is 464 g/mol. The standard InChI is InChI=1S/C27H28N2O5S/c1-29-24-14-20(32-2)9-12-23(24)28-26(29)17-33-21-8-6-19(7-13-27(30)31)25(15-21)34-16-18-4-10-22(35-3)11-5-18/h4-6,8-12,14-15H,7,13,16-17H2,1-3H3,(H,30,31). The Morgan fingerprint density at radius 1 is 1.00 bits per heavy atom. The molecule has 35 heavy (non-hydrogen) atoms. The van der Waals surface area contributed by atoms with E-state index in [4.69, 9.17) is 19.3 Å². The van der Waals surface area contributed by atoms with Gasteiger partial charge in [-0.15, -0.1) is 11.8 Å². The van der Waals surface area contributed by atoms with Gasteiger partial charge in [0.25, 0.3) is 0 Å². The van der Waals surface area contributed by atoms with Crippen molar-refractivity contribution in [3.05, 3.63) is 77.6 Å². The van der Waals surface area contributed by atoms with Crippen LogP contribution in [0.2, 0.25) is 0 Å². The fourth-order valence-corrected chi connectivity index (χ4v) is 4.12. The van der Waals surface area contributed by atoms with Crippen molar-refractivity contribution in [3.63, 3.8) is 0 Å². The third-order valence-electron chi connectivity index (χ3n) is 5.75. The predicted molar refractivity (Wildman–Crippen MR) is 137 cm³/mol. The number of fused-ring (bicyclic) bond motifs is 1. The molecule has 8 heteroatoms. The highest BCUT2D eigenvalue weighted by molar-refractivity contribution is 7.98. The normalized spacial score (nSPS) is 10.9. The van der Waals surface area contributed by atoms with Gasteiger partial charge in [0, 0.05) is 30.5 Å². The number of rotatable bonds is 11. The molecule has 0 amide bonds. The van der Waals surface area contributed by atoms with E-state index < -0.39 is 5.97 Å². The van der Waals surface area contributed by atoms with Gasteiger partial charge in [0.2, 0.25) is 0 Å². The van der Waals surface area contributed by atoms with Crippen LogP contribution in [-0.2, 0) is 31.5 Å². The third kappa shape index (κ3) is 6.08. The van der Waals surface area contributed by atoms with Gasteiger partial charge < -0.3 is 23.9 Å². The zero-order chi connectivity index (χ0) is 24.8. The number of thioether (sulfide) groups is 1. The molecule has 1 aromatic heterocycles. The van der Waals surface area contributed by atoms with Crippen LogP contribution < -0.4 is 14.2 Å². The Bertz CT molecular complexity index is 1320. The molecule has 0 aliphatic rings. The summed E-state index contributed by atoms with van der Waals surface area (Å²) in [7, 11) is 3.58. The molecule has 1 N–H and O–H groups in total. The molecule has 0 saturated carbocycles. The minimum absolute atomic E-state index is 0.0301. The zero-order valence-corrected chi connectivity index (χ0v) is 20.8. The molecule has 4 rings (SSSR count). The first-order valence-corrected chi connectivity index (χ1v) is 12.4. The summed E-state index contributed by atoms with van der Waals surface area (Å²) in [4.78, 5) is 17.0. The van der Waals surface area contributed by atoms with Crippen molar-refractivity contribution in [2.45, 2.75) is 31.0 Å². The number of aliphatic carboxylic acids is 1. The lowest BCUT2D eigenvalue weighted by Gasteiger charge is -2.14. The van der Waals surface area contributed by atoms with Crippen LogP contribution in [0, 0.1) is 0 Å². The van der Waals surface area contributed by atoms with Gasteiger partial charge in [-0.2, -0.15) is 0 Å². The van der Waals surface area contributed by atoms with Crippen LogP contribution in [0.5, 0.6) is 17.2 Å². The zero-order valence-electron chi connectivity index (χ0n) is 20.0. The largest absolute Gasteiger partial charge is 0.497 e. The molecular formula is C27H28N2O5S. The average molecular weight is 493 g/mol. The highest BCUT2D eigenvalue weighted by Gasteiger charge is 2.12. The number of carboxylic acid groups (broad SMARTS) is 1. The lowest BCUT2D eigenvalue weighted by Crippen LogP contribution is -2.05. The van der Waals surface area contributed by atoms with Crippen LogP contribution in [0.25, 0.3) is 11.0 Å². The summed E-state index contributed by atoms with van der Waals surface area (Å²) in [5, 5.41) is 9.12. The second-order valence-corrected chi connectivity index (χ2v) is 8.91. The highest BCUT2D eigenvalue weighted by Crippen LogP contribution is 2.28. The number of carbonyl (C=O) groups is 1. The van der Waals surface area contributed by atoms with Crippen molar-refractivity contribution >= 4 is 28.8 Å². The second-order valence-electron chi connectivity index (χ2n) is 8.03. The Labute approximate surface area is 208 Å². The van der Waals surface area contributed by atoms with Crippen LogP contribution in [0.15, 0.2) is 65.6 Å². The second kappa shape index (κ2) is 11.2. The van der Waals surface area contributed by atoms with Gasteiger partial charge in [-0.1, -0.05) is 18.2 Å². The van der Waals surface area contributed by atoms with Gasteiger partial charge in [0.15, 0.2) is 0 Å². The third-order valence-corrected chi connectivity index (χ3v) is 6.49. The summed E-state index contributed by atoms with van der Waals surface area (Å²) in [6, 6.07) is 19.4. The van der Waals surface area contributed by atoms with E-state index in [1.54, 1.807) is 18.9 Å². The van der Waals surface area contributed by atoms with Crippen LogP contribution in [-0.4, -0.2) is 34.0 Å². The molecule has 4 aromatic rings. The maximum absolute atomic E-state index is 11.1. The predicted octanol–water partition coefficient (Wildman–Crippen LogP) is 5.48. The first kappa shape index (κ1) is 24.5. The number of imidazole rings is 1. The molecule has 0 saturated heterocycles. The summed E-state index contributed by atoms with van der Waals surface area (Å²) < 4.78 is 19.5. The molecule has 0 fully saturated rings. The minimum atomic E-state index is -0.845. The number of ether oxygens (including phenoxy) is 3. The van der Waals surface area contributed by atoms with Gasteiger partial charge in [0.05, 0.1) is 18.1 Å².